The van der Waals surface area contributed by atoms with Gasteiger partial charge < -0.3 is 4.90 Å². The molecule has 0 spiro atoms. The number of aryl methyl sites for hydroxylation is 1. The molecule has 1 amide bonds. The molecule has 1 atom stereocenters. The topological polar surface area (TPSA) is 74.8 Å². The molecule has 0 saturated carbocycles. The van der Waals surface area contributed by atoms with Crippen molar-refractivity contribution >= 4 is 5.91 Å². The summed E-state index contributed by atoms with van der Waals surface area (Å²) in [6, 6.07) is 6.40. The summed E-state index contributed by atoms with van der Waals surface area (Å²) in [7, 11) is 0. The molecular formula is C21H22FN5O. The third-order valence-electron chi connectivity index (χ3n) is 5.21. The normalized spacial score (nSPS) is 16.9. The van der Waals surface area contributed by atoms with E-state index in [1.165, 1.54) is 12.1 Å². The summed E-state index contributed by atoms with van der Waals surface area (Å²) in [5.74, 6) is 0.570. The van der Waals surface area contributed by atoms with E-state index >= 15 is 0 Å². The molecule has 144 valence electrons. The Morgan fingerprint density at radius 1 is 1.21 bits per heavy atom. The maximum absolute atomic E-state index is 13.3. The first-order chi connectivity index (χ1) is 13.7. The highest BCUT2D eigenvalue weighted by Crippen LogP contribution is 2.33. The van der Waals surface area contributed by atoms with Crippen molar-refractivity contribution in [2.45, 2.75) is 32.1 Å². The molecule has 1 aliphatic rings. The van der Waals surface area contributed by atoms with Crippen molar-refractivity contribution in [3.63, 3.8) is 0 Å². The summed E-state index contributed by atoms with van der Waals surface area (Å²) in [4.78, 5) is 23.2. The van der Waals surface area contributed by atoms with Crippen LogP contribution in [0.1, 0.15) is 47.6 Å². The number of benzene rings is 1. The average molecular weight is 379 g/mol. The molecule has 3 aromatic rings. The van der Waals surface area contributed by atoms with Gasteiger partial charge in [0, 0.05) is 49.1 Å². The van der Waals surface area contributed by atoms with Crippen molar-refractivity contribution in [2.24, 2.45) is 0 Å². The third-order valence-corrected chi connectivity index (χ3v) is 5.21. The van der Waals surface area contributed by atoms with Gasteiger partial charge in [0.15, 0.2) is 0 Å². The molecule has 1 saturated heterocycles. The summed E-state index contributed by atoms with van der Waals surface area (Å²) in [6.07, 6.45) is 7.60. The van der Waals surface area contributed by atoms with Gasteiger partial charge in [-0.1, -0.05) is 19.1 Å². The molecule has 0 aliphatic carbocycles. The second-order valence-corrected chi connectivity index (χ2v) is 7.04. The van der Waals surface area contributed by atoms with Gasteiger partial charge >= 0.3 is 0 Å². The molecule has 0 unspecified atom stereocenters. The summed E-state index contributed by atoms with van der Waals surface area (Å²) >= 11 is 0. The Labute approximate surface area is 162 Å². The maximum atomic E-state index is 13.3. The zero-order chi connectivity index (χ0) is 19.5. The largest absolute Gasteiger partial charge is 0.338 e. The molecule has 6 nitrogen and oxygen atoms in total. The first kappa shape index (κ1) is 18.3. The van der Waals surface area contributed by atoms with Crippen molar-refractivity contribution < 1.29 is 9.18 Å². The van der Waals surface area contributed by atoms with E-state index in [0.717, 1.165) is 41.9 Å². The molecule has 1 aliphatic heterocycles. The summed E-state index contributed by atoms with van der Waals surface area (Å²) in [5.41, 5.74) is 3.37. The molecule has 3 heterocycles. The standard InChI is InChI=1S/C21H22FN5O/c1-2-19-23-10-16(11-24-19)21(28)27-9-3-4-15(13-27)20-18(12-25-26-20)14-5-7-17(22)8-6-14/h5-8,10-12,15H,2-4,9,13H2,1H3,(H,25,26)/t15-/m0/s1. The van der Waals surface area contributed by atoms with Crippen LogP contribution in [-0.4, -0.2) is 44.1 Å². The third kappa shape index (κ3) is 3.65. The van der Waals surface area contributed by atoms with Crippen LogP contribution in [-0.2, 0) is 6.42 Å². The van der Waals surface area contributed by atoms with Crippen molar-refractivity contribution in [2.75, 3.05) is 13.1 Å². The minimum atomic E-state index is -0.264. The van der Waals surface area contributed by atoms with Crippen LogP contribution in [0.4, 0.5) is 4.39 Å². The van der Waals surface area contributed by atoms with Gasteiger partial charge in [0.25, 0.3) is 5.91 Å². The Bertz CT molecular complexity index is 952. The second kappa shape index (κ2) is 7.88. The summed E-state index contributed by atoms with van der Waals surface area (Å²) in [5, 5.41) is 7.30. The molecule has 28 heavy (non-hydrogen) atoms. The first-order valence-corrected chi connectivity index (χ1v) is 9.55. The van der Waals surface area contributed by atoms with E-state index in [2.05, 4.69) is 20.2 Å². The maximum Gasteiger partial charge on any atom is 0.257 e. The molecule has 1 fully saturated rings. The van der Waals surface area contributed by atoms with E-state index in [9.17, 15) is 9.18 Å². The summed E-state index contributed by atoms with van der Waals surface area (Å²) in [6.45, 7) is 3.30. The molecule has 4 rings (SSSR count). The van der Waals surface area contributed by atoms with E-state index in [0.29, 0.717) is 18.7 Å². The van der Waals surface area contributed by atoms with Gasteiger partial charge in [0.1, 0.15) is 11.6 Å². The Kier molecular flexibility index (Phi) is 5.14. The minimum Gasteiger partial charge on any atom is -0.338 e. The number of rotatable bonds is 4. The molecule has 0 bridgehead atoms. The lowest BCUT2D eigenvalue weighted by molar-refractivity contribution is 0.0705. The van der Waals surface area contributed by atoms with Crippen molar-refractivity contribution in [3.8, 4) is 11.1 Å². The SMILES string of the molecule is CCc1ncc(C(=O)N2CCC[C@H](c3[nH]ncc3-c3ccc(F)cc3)C2)cn1. The van der Waals surface area contributed by atoms with Gasteiger partial charge in [-0.2, -0.15) is 5.10 Å². The Morgan fingerprint density at radius 2 is 1.96 bits per heavy atom. The molecule has 7 heteroatoms. The fourth-order valence-electron chi connectivity index (χ4n) is 3.69. The van der Waals surface area contributed by atoms with Gasteiger partial charge in [-0.05, 0) is 30.5 Å². The predicted molar refractivity (Wildman–Crippen MR) is 103 cm³/mol. The lowest BCUT2D eigenvalue weighted by atomic mass is 9.90. The molecule has 1 aromatic carbocycles. The van der Waals surface area contributed by atoms with Crippen LogP contribution in [0.25, 0.3) is 11.1 Å². The van der Waals surface area contributed by atoms with Crippen LogP contribution < -0.4 is 0 Å². The van der Waals surface area contributed by atoms with Gasteiger partial charge in [-0.3, -0.25) is 9.89 Å². The smallest absolute Gasteiger partial charge is 0.257 e. The lowest BCUT2D eigenvalue weighted by Gasteiger charge is -2.32. The quantitative estimate of drug-likeness (QED) is 0.752. The van der Waals surface area contributed by atoms with Crippen LogP contribution in [0.15, 0.2) is 42.9 Å². The molecule has 2 aromatic heterocycles. The van der Waals surface area contributed by atoms with E-state index < -0.39 is 0 Å². The van der Waals surface area contributed by atoms with Gasteiger partial charge in [-0.25, -0.2) is 14.4 Å². The van der Waals surface area contributed by atoms with Crippen LogP contribution in [0.5, 0.6) is 0 Å². The van der Waals surface area contributed by atoms with Crippen molar-refractivity contribution in [1.82, 2.24) is 25.1 Å². The number of piperidine rings is 1. The first-order valence-electron chi connectivity index (χ1n) is 9.55. The molecular weight excluding hydrogens is 357 g/mol. The zero-order valence-corrected chi connectivity index (χ0v) is 15.7. The Balaban J connectivity index is 1.53. The number of aromatic nitrogens is 4. The number of hydrogen-bond donors (Lipinski definition) is 1. The number of halogens is 1. The van der Waals surface area contributed by atoms with Crippen molar-refractivity contribution in [3.05, 3.63) is 65.8 Å². The zero-order valence-electron chi connectivity index (χ0n) is 15.7. The van der Waals surface area contributed by atoms with Crippen LogP contribution in [0.3, 0.4) is 0 Å². The van der Waals surface area contributed by atoms with E-state index in [4.69, 9.17) is 0 Å². The average Bonchev–Trinajstić information content (AvgIpc) is 3.24. The van der Waals surface area contributed by atoms with E-state index in [1.807, 2.05) is 11.8 Å². The molecule has 1 N–H and O–H groups in total. The number of likely N-dealkylation sites (tertiary alicyclic amines) is 1. The monoisotopic (exact) mass is 379 g/mol. The van der Waals surface area contributed by atoms with Gasteiger partial charge in [0.05, 0.1) is 11.8 Å². The number of hydrogen-bond acceptors (Lipinski definition) is 4. The second-order valence-electron chi connectivity index (χ2n) is 7.04. The van der Waals surface area contributed by atoms with E-state index in [-0.39, 0.29) is 17.6 Å². The van der Waals surface area contributed by atoms with Crippen LogP contribution >= 0.6 is 0 Å². The van der Waals surface area contributed by atoms with Crippen LogP contribution in [0.2, 0.25) is 0 Å². The number of carbonyl (C=O) groups excluding carboxylic acids is 1. The minimum absolute atomic E-state index is 0.0461. The number of amides is 1. The van der Waals surface area contributed by atoms with Gasteiger partial charge in [0.2, 0.25) is 0 Å². The molecule has 0 radical (unpaired) electrons. The van der Waals surface area contributed by atoms with Gasteiger partial charge in [-0.15, -0.1) is 0 Å². The summed E-state index contributed by atoms with van der Waals surface area (Å²) < 4.78 is 13.3. The lowest BCUT2D eigenvalue weighted by Crippen LogP contribution is -2.39. The number of carbonyl (C=O) groups is 1. The predicted octanol–water partition coefficient (Wildman–Crippen LogP) is 3.59. The Morgan fingerprint density at radius 3 is 2.68 bits per heavy atom. The van der Waals surface area contributed by atoms with E-state index in [1.54, 1.807) is 30.7 Å². The highest BCUT2D eigenvalue weighted by atomic mass is 19.1. The number of aromatic amines is 1. The number of nitrogens with zero attached hydrogens (tertiary/aromatic N) is 4. The number of H-pyrrole nitrogens is 1. The number of nitrogens with one attached hydrogen (secondary N) is 1. The van der Waals surface area contributed by atoms with Crippen molar-refractivity contribution in [1.29, 1.82) is 0 Å². The highest BCUT2D eigenvalue weighted by Gasteiger charge is 2.28. The highest BCUT2D eigenvalue weighted by molar-refractivity contribution is 5.93. The fourth-order valence-corrected chi connectivity index (χ4v) is 3.69. The Hall–Kier alpha value is -3.09. The fraction of sp³-hybridized carbons (Fsp3) is 0.333. The van der Waals surface area contributed by atoms with Crippen LogP contribution in [0, 0.1) is 5.82 Å².